The zero-order chi connectivity index (χ0) is 14.4. The van der Waals surface area contributed by atoms with E-state index in [0.717, 1.165) is 19.6 Å². The van der Waals surface area contributed by atoms with Gasteiger partial charge in [-0.05, 0) is 38.8 Å². The summed E-state index contributed by atoms with van der Waals surface area (Å²) in [6.45, 7) is 3.69. The molecule has 0 aromatic rings. The Labute approximate surface area is 119 Å². The third-order valence-corrected chi connectivity index (χ3v) is 4.01. The second-order valence-electron chi connectivity index (χ2n) is 5.58. The van der Waals surface area contributed by atoms with Crippen molar-refractivity contribution < 1.29 is 19.4 Å². The number of nitrogens with one attached hydrogen (secondary N) is 1. The lowest BCUT2D eigenvalue weighted by molar-refractivity contribution is -0.151. The maximum atomic E-state index is 11.9. The van der Waals surface area contributed by atoms with Crippen molar-refractivity contribution in [2.75, 3.05) is 26.2 Å². The van der Waals surface area contributed by atoms with E-state index in [0.29, 0.717) is 19.4 Å². The third-order valence-electron chi connectivity index (χ3n) is 4.01. The standard InChI is InChI=1S/C14H24N2O4/c17-13(11-5-6-12(20-11)14(18)19)15-7-10-16-8-3-1-2-4-9-16/h11-12H,1-10H2,(H,15,17)(H,18,19). The van der Waals surface area contributed by atoms with Gasteiger partial charge in [-0.25, -0.2) is 4.79 Å². The van der Waals surface area contributed by atoms with Crippen LogP contribution >= 0.6 is 0 Å². The average Bonchev–Trinajstić information content (AvgIpc) is 2.78. The lowest BCUT2D eigenvalue weighted by Crippen LogP contribution is -2.40. The highest BCUT2D eigenvalue weighted by Gasteiger charge is 2.34. The summed E-state index contributed by atoms with van der Waals surface area (Å²) >= 11 is 0. The molecule has 2 aliphatic rings. The Kier molecular flexibility index (Phi) is 5.79. The fraction of sp³-hybridized carbons (Fsp3) is 0.857. The number of carboxylic acid groups (broad SMARTS) is 1. The van der Waals surface area contributed by atoms with Crippen molar-refractivity contribution in [2.45, 2.75) is 50.7 Å². The number of carboxylic acids is 1. The van der Waals surface area contributed by atoms with Crippen molar-refractivity contribution in [1.82, 2.24) is 10.2 Å². The van der Waals surface area contributed by atoms with Crippen LogP contribution < -0.4 is 5.32 Å². The van der Waals surface area contributed by atoms with Crippen molar-refractivity contribution in [3.05, 3.63) is 0 Å². The number of carbonyl (C=O) groups is 2. The van der Waals surface area contributed by atoms with Gasteiger partial charge in [0.05, 0.1) is 0 Å². The highest BCUT2D eigenvalue weighted by Crippen LogP contribution is 2.19. The van der Waals surface area contributed by atoms with E-state index >= 15 is 0 Å². The Hall–Kier alpha value is -1.14. The number of amides is 1. The van der Waals surface area contributed by atoms with Gasteiger partial charge >= 0.3 is 5.97 Å². The maximum absolute atomic E-state index is 11.9. The van der Waals surface area contributed by atoms with Crippen molar-refractivity contribution in [2.24, 2.45) is 0 Å². The summed E-state index contributed by atoms with van der Waals surface area (Å²) in [7, 11) is 0. The molecule has 0 aromatic heterocycles. The molecule has 114 valence electrons. The summed E-state index contributed by atoms with van der Waals surface area (Å²) in [4.78, 5) is 25.0. The minimum atomic E-state index is -0.982. The van der Waals surface area contributed by atoms with Gasteiger partial charge in [0.25, 0.3) is 0 Å². The van der Waals surface area contributed by atoms with Crippen LogP contribution in [-0.4, -0.2) is 60.3 Å². The molecular weight excluding hydrogens is 260 g/mol. The van der Waals surface area contributed by atoms with Crippen molar-refractivity contribution in [3.63, 3.8) is 0 Å². The minimum absolute atomic E-state index is 0.177. The Morgan fingerprint density at radius 1 is 1.10 bits per heavy atom. The minimum Gasteiger partial charge on any atom is -0.479 e. The Bertz CT molecular complexity index is 340. The highest BCUT2D eigenvalue weighted by atomic mass is 16.5. The summed E-state index contributed by atoms with van der Waals surface area (Å²) in [6.07, 6.45) is 4.56. The smallest absolute Gasteiger partial charge is 0.332 e. The summed E-state index contributed by atoms with van der Waals surface area (Å²) in [6, 6.07) is 0. The van der Waals surface area contributed by atoms with E-state index in [1.807, 2.05) is 0 Å². The molecule has 0 aliphatic carbocycles. The summed E-state index contributed by atoms with van der Waals surface area (Å²) in [5.41, 5.74) is 0. The zero-order valence-corrected chi connectivity index (χ0v) is 11.8. The fourth-order valence-electron chi connectivity index (χ4n) is 2.82. The number of rotatable bonds is 5. The molecule has 2 N–H and O–H groups in total. The van der Waals surface area contributed by atoms with E-state index in [9.17, 15) is 9.59 Å². The van der Waals surface area contributed by atoms with Gasteiger partial charge in [0.1, 0.15) is 6.10 Å². The number of ether oxygens (including phenoxy) is 1. The summed E-state index contributed by atoms with van der Waals surface area (Å²) in [5, 5.41) is 11.7. The molecule has 2 heterocycles. The largest absolute Gasteiger partial charge is 0.479 e. The number of hydrogen-bond donors (Lipinski definition) is 2. The topological polar surface area (TPSA) is 78.9 Å². The van der Waals surface area contributed by atoms with Crippen molar-refractivity contribution >= 4 is 11.9 Å². The van der Waals surface area contributed by atoms with E-state index in [2.05, 4.69) is 10.2 Å². The lowest BCUT2D eigenvalue weighted by Gasteiger charge is -2.20. The van der Waals surface area contributed by atoms with Gasteiger partial charge in [-0.3, -0.25) is 4.79 Å². The van der Waals surface area contributed by atoms with Gasteiger partial charge in [-0.15, -0.1) is 0 Å². The van der Waals surface area contributed by atoms with E-state index in [1.165, 1.54) is 25.7 Å². The molecule has 20 heavy (non-hydrogen) atoms. The monoisotopic (exact) mass is 284 g/mol. The van der Waals surface area contributed by atoms with E-state index < -0.39 is 18.2 Å². The normalized spacial score (nSPS) is 28.0. The van der Waals surface area contributed by atoms with Gasteiger partial charge in [0.15, 0.2) is 6.10 Å². The SMILES string of the molecule is O=C(O)C1CCC(C(=O)NCCN2CCCCCC2)O1. The molecule has 0 radical (unpaired) electrons. The molecule has 2 aliphatic heterocycles. The number of carbonyl (C=O) groups excluding carboxylic acids is 1. The van der Waals surface area contributed by atoms with Crippen molar-refractivity contribution in [3.8, 4) is 0 Å². The van der Waals surface area contributed by atoms with Gasteiger partial charge in [0.2, 0.25) is 5.91 Å². The van der Waals surface area contributed by atoms with E-state index in [-0.39, 0.29) is 5.91 Å². The maximum Gasteiger partial charge on any atom is 0.332 e. The number of aliphatic carboxylic acids is 1. The van der Waals surface area contributed by atoms with Crippen LogP contribution in [0.25, 0.3) is 0 Å². The van der Waals surface area contributed by atoms with Gasteiger partial charge in [-0.1, -0.05) is 12.8 Å². The first kappa shape index (κ1) is 15.3. The quantitative estimate of drug-likeness (QED) is 0.773. The molecule has 1 amide bonds. The van der Waals surface area contributed by atoms with E-state index in [1.54, 1.807) is 0 Å². The number of likely N-dealkylation sites (tertiary alicyclic amines) is 1. The molecule has 0 bridgehead atoms. The van der Waals surface area contributed by atoms with Crippen molar-refractivity contribution in [1.29, 1.82) is 0 Å². The Morgan fingerprint density at radius 2 is 1.75 bits per heavy atom. The fourth-order valence-corrected chi connectivity index (χ4v) is 2.82. The molecule has 2 fully saturated rings. The third kappa shape index (κ3) is 4.45. The molecular formula is C14H24N2O4. The first-order valence-corrected chi connectivity index (χ1v) is 7.55. The molecule has 0 saturated carbocycles. The van der Waals surface area contributed by atoms with Crippen LogP contribution in [0.1, 0.15) is 38.5 Å². The van der Waals surface area contributed by atoms with Crippen LogP contribution in [0, 0.1) is 0 Å². The van der Waals surface area contributed by atoms with Crippen LogP contribution in [0.2, 0.25) is 0 Å². The Morgan fingerprint density at radius 3 is 2.35 bits per heavy atom. The van der Waals surface area contributed by atoms with Gasteiger partial charge in [-0.2, -0.15) is 0 Å². The predicted molar refractivity (Wildman–Crippen MR) is 73.4 cm³/mol. The number of hydrogen-bond acceptors (Lipinski definition) is 4. The first-order valence-electron chi connectivity index (χ1n) is 7.55. The molecule has 0 spiro atoms. The lowest BCUT2D eigenvalue weighted by atomic mass is 10.2. The zero-order valence-electron chi connectivity index (χ0n) is 11.8. The molecule has 2 saturated heterocycles. The van der Waals surface area contributed by atoms with Crippen LogP contribution in [-0.2, 0) is 14.3 Å². The second kappa shape index (κ2) is 7.59. The van der Waals surface area contributed by atoms with E-state index in [4.69, 9.17) is 9.84 Å². The predicted octanol–water partition coefficient (Wildman–Crippen LogP) is 0.611. The highest BCUT2D eigenvalue weighted by molar-refractivity contribution is 5.82. The molecule has 2 unspecified atom stereocenters. The first-order chi connectivity index (χ1) is 9.66. The van der Waals surface area contributed by atoms with Crippen LogP contribution in [0.4, 0.5) is 0 Å². The molecule has 6 heteroatoms. The summed E-state index contributed by atoms with van der Waals surface area (Å²) < 4.78 is 5.22. The molecule has 0 aromatic carbocycles. The number of nitrogens with zero attached hydrogens (tertiary/aromatic N) is 1. The summed E-state index contributed by atoms with van der Waals surface area (Å²) in [5.74, 6) is -1.16. The van der Waals surface area contributed by atoms with Crippen LogP contribution in [0.15, 0.2) is 0 Å². The molecule has 6 nitrogen and oxygen atoms in total. The van der Waals surface area contributed by atoms with Crippen LogP contribution in [0.5, 0.6) is 0 Å². The molecule has 2 atom stereocenters. The second-order valence-corrected chi connectivity index (χ2v) is 5.58. The molecule has 2 rings (SSSR count). The Balaban J connectivity index is 1.64. The van der Waals surface area contributed by atoms with Crippen LogP contribution in [0.3, 0.4) is 0 Å². The van der Waals surface area contributed by atoms with Gasteiger partial charge in [0, 0.05) is 13.1 Å². The average molecular weight is 284 g/mol. The van der Waals surface area contributed by atoms with Gasteiger partial charge < -0.3 is 20.1 Å².